The second kappa shape index (κ2) is 6.25. The van der Waals surface area contributed by atoms with E-state index in [1.165, 1.54) is 0 Å². The highest BCUT2D eigenvalue weighted by Crippen LogP contribution is 2.16. The van der Waals surface area contributed by atoms with E-state index in [9.17, 15) is 4.79 Å². The fraction of sp³-hybridized carbons (Fsp3) is 0.182. The van der Waals surface area contributed by atoms with Crippen molar-refractivity contribution in [2.75, 3.05) is 18.5 Å². The Hall–Kier alpha value is -2.39. The van der Waals surface area contributed by atoms with Gasteiger partial charge >= 0.3 is 0 Å². The molecule has 88 valence electrons. The van der Waals surface area contributed by atoms with Gasteiger partial charge in [-0.2, -0.15) is 5.26 Å². The summed E-state index contributed by atoms with van der Waals surface area (Å²) in [5.74, 6) is -0.852. The van der Waals surface area contributed by atoms with Gasteiger partial charge in [0.25, 0.3) is 5.91 Å². The maximum absolute atomic E-state index is 10.8. The highest BCUT2D eigenvalue weighted by Gasteiger charge is 2.04. The molecule has 0 spiro atoms. The van der Waals surface area contributed by atoms with Gasteiger partial charge in [0, 0.05) is 12.2 Å². The van der Waals surface area contributed by atoms with Crippen LogP contribution in [0, 0.1) is 11.3 Å². The number of rotatable bonds is 5. The van der Waals surface area contributed by atoms with Crippen LogP contribution < -0.4 is 11.1 Å². The molecule has 6 heteroatoms. The number of primary amides is 1. The fourth-order valence-electron chi connectivity index (χ4n) is 1.12. The largest absolute Gasteiger partial charge is 0.395 e. The van der Waals surface area contributed by atoms with Gasteiger partial charge in [-0.25, -0.2) is 4.99 Å². The van der Waals surface area contributed by atoms with E-state index in [2.05, 4.69) is 10.3 Å². The SMILES string of the molecule is N#CC(=Nc1ccc(NCCO)cc1)C(N)=O. The van der Waals surface area contributed by atoms with Gasteiger partial charge in [0.1, 0.15) is 6.07 Å². The molecule has 1 aromatic rings. The lowest BCUT2D eigenvalue weighted by molar-refractivity contribution is -0.111. The van der Waals surface area contributed by atoms with Crippen LogP contribution >= 0.6 is 0 Å². The monoisotopic (exact) mass is 232 g/mol. The molecular formula is C11H12N4O2. The Morgan fingerprint density at radius 1 is 1.47 bits per heavy atom. The fourth-order valence-corrected chi connectivity index (χ4v) is 1.12. The molecule has 0 aliphatic rings. The molecule has 17 heavy (non-hydrogen) atoms. The second-order valence-electron chi connectivity index (χ2n) is 3.13. The molecule has 0 fully saturated rings. The quantitative estimate of drug-likeness (QED) is 0.628. The van der Waals surface area contributed by atoms with Crippen molar-refractivity contribution in [3.8, 4) is 6.07 Å². The number of hydrogen-bond acceptors (Lipinski definition) is 5. The predicted octanol–water partition coefficient (Wildman–Crippen LogP) is 0.172. The number of aliphatic imine (C=N–C) groups is 1. The first-order valence-corrected chi connectivity index (χ1v) is 4.90. The number of carbonyl (C=O) groups is 1. The van der Waals surface area contributed by atoms with E-state index in [0.29, 0.717) is 12.2 Å². The first-order valence-electron chi connectivity index (χ1n) is 4.90. The van der Waals surface area contributed by atoms with Gasteiger partial charge in [-0.15, -0.1) is 0 Å². The van der Waals surface area contributed by atoms with Crippen molar-refractivity contribution in [1.82, 2.24) is 0 Å². The average molecular weight is 232 g/mol. The number of nitrogens with zero attached hydrogens (tertiary/aromatic N) is 2. The Kier molecular flexibility index (Phi) is 4.66. The van der Waals surface area contributed by atoms with Crippen LogP contribution in [0.25, 0.3) is 0 Å². The lowest BCUT2D eigenvalue weighted by atomic mass is 10.2. The zero-order chi connectivity index (χ0) is 12.7. The Morgan fingerprint density at radius 2 is 2.12 bits per heavy atom. The molecule has 0 unspecified atom stereocenters. The molecule has 0 aliphatic carbocycles. The lowest BCUT2D eigenvalue weighted by Gasteiger charge is -2.03. The van der Waals surface area contributed by atoms with Gasteiger partial charge in [0.05, 0.1) is 12.3 Å². The molecule has 0 radical (unpaired) electrons. The highest BCUT2D eigenvalue weighted by molar-refractivity contribution is 6.45. The maximum atomic E-state index is 10.8. The third kappa shape index (κ3) is 3.93. The molecule has 1 rings (SSSR count). The van der Waals surface area contributed by atoms with Gasteiger partial charge in [0.15, 0.2) is 0 Å². The molecule has 0 saturated carbocycles. The third-order valence-electron chi connectivity index (χ3n) is 1.89. The van der Waals surface area contributed by atoms with E-state index in [0.717, 1.165) is 5.69 Å². The van der Waals surface area contributed by atoms with Crippen LogP contribution in [0.15, 0.2) is 29.3 Å². The van der Waals surface area contributed by atoms with Gasteiger partial charge in [0.2, 0.25) is 5.71 Å². The van der Waals surface area contributed by atoms with Crippen molar-refractivity contribution < 1.29 is 9.90 Å². The molecule has 0 aliphatic heterocycles. The molecule has 1 aromatic carbocycles. The molecule has 6 nitrogen and oxygen atoms in total. The van der Waals surface area contributed by atoms with Crippen LogP contribution in [0.4, 0.5) is 11.4 Å². The van der Waals surface area contributed by atoms with Crippen LogP contribution in [0.5, 0.6) is 0 Å². The Balaban J connectivity index is 2.81. The second-order valence-corrected chi connectivity index (χ2v) is 3.13. The van der Waals surface area contributed by atoms with Gasteiger partial charge in [-0.05, 0) is 24.3 Å². The molecule has 0 saturated heterocycles. The minimum atomic E-state index is -0.852. The normalized spacial score (nSPS) is 10.7. The van der Waals surface area contributed by atoms with Crippen molar-refractivity contribution in [3.05, 3.63) is 24.3 Å². The average Bonchev–Trinajstić information content (AvgIpc) is 2.34. The zero-order valence-corrected chi connectivity index (χ0v) is 9.05. The van der Waals surface area contributed by atoms with E-state index in [-0.39, 0.29) is 12.3 Å². The van der Waals surface area contributed by atoms with E-state index in [1.54, 1.807) is 30.3 Å². The van der Waals surface area contributed by atoms with Crippen LogP contribution in [-0.2, 0) is 4.79 Å². The smallest absolute Gasteiger partial charge is 0.278 e. The van der Waals surface area contributed by atoms with Crippen molar-refractivity contribution in [2.24, 2.45) is 10.7 Å². The molecule has 0 heterocycles. The van der Waals surface area contributed by atoms with E-state index in [4.69, 9.17) is 16.1 Å². The lowest BCUT2D eigenvalue weighted by Crippen LogP contribution is -2.21. The highest BCUT2D eigenvalue weighted by atomic mass is 16.3. The zero-order valence-electron chi connectivity index (χ0n) is 9.05. The van der Waals surface area contributed by atoms with E-state index >= 15 is 0 Å². The van der Waals surface area contributed by atoms with Crippen molar-refractivity contribution >= 4 is 23.0 Å². The number of aliphatic hydroxyl groups is 1. The predicted molar refractivity (Wildman–Crippen MR) is 63.9 cm³/mol. The van der Waals surface area contributed by atoms with Gasteiger partial charge in [-0.3, -0.25) is 4.79 Å². The molecule has 0 aromatic heterocycles. The minimum Gasteiger partial charge on any atom is -0.395 e. The van der Waals surface area contributed by atoms with Crippen molar-refractivity contribution in [3.63, 3.8) is 0 Å². The van der Waals surface area contributed by atoms with E-state index < -0.39 is 5.91 Å². The third-order valence-corrected chi connectivity index (χ3v) is 1.89. The van der Waals surface area contributed by atoms with Crippen molar-refractivity contribution in [1.29, 1.82) is 5.26 Å². The Bertz CT molecular complexity index is 459. The van der Waals surface area contributed by atoms with Crippen molar-refractivity contribution in [2.45, 2.75) is 0 Å². The summed E-state index contributed by atoms with van der Waals surface area (Å²) in [6.45, 7) is 0.494. The number of hydrogen-bond donors (Lipinski definition) is 3. The van der Waals surface area contributed by atoms with Gasteiger partial charge < -0.3 is 16.2 Å². The molecular weight excluding hydrogens is 220 g/mol. The standard InChI is InChI=1S/C11H12N4O2/c12-7-10(11(13)17)15-9-3-1-8(2-4-9)14-5-6-16/h1-4,14,16H,5-6H2,(H2,13,17). The summed E-state index contributed by atoms with van der Waals surface area (Å²) in [6, 6.07) is 8.36. The summed E-state index contributed by atoms with van der Waals surface area (Å²) in [6.07, 6.45) is 0. The maximum Gasteiger partial charge on any atom is 0.278 e. The topological polar surface area (TPSA) is 112 Å². The van der Waals surface area contributed by atoms with E-state index in [1.807, 2.05) is 0 Å². The summed E-state index contributed by atoms with van der Waals surface area (Å²) < 4.78 is 0. The molecule has 0 atom stereocenters. The number of benzene rings is 1. The van der Waals surface area contributed by atoms with Crippen LogP contribution in [0.2, 0.25) is 0 Å². The summed E-state index contributed by atoms with van der Waals surface area (Å²) in [5.41, 5.74) is 5.91. The number of carbonyl (C=O) groups excluding carboxylic acids is 1. The molecule has 1 amide bonds. The summed E-state index contributed by atoms with van der Waals surface area (Å²) in [7, 11) is 0. The Labute approximate surface area is 98.4 Å². The molecule has 0 bridgehead atoms. The Morgan fingerprint density at radius 3 is 2.59 bits per heavy atom. The number of nitrogens with one attached hydrogen (secondary N) is 1. The number of amides is 1. The minimum absolute atomic E-state index is 0.0418. The molecule has 4 N–H and O–H groups in total. The summed E-state index contributed by atoms with van der Waals surface area (Å²) in [5, 5.41) is 20.2. The van der Waals surface area contributed by atoms with Crippen LogP contribution in [-0.4, -0.2) is 29.9 Å². The number of anilines is 1. The number of nitriles is 1. The number of nitrogens with two attached hydrogens (primary N) is 1. The summed E-state index contributed by atoms with van der Waals surface area (Å²) in [4.78, 5) is 14.6. The van der Waals surface area contributed by atoms with Crippen LogP contribution in [0.3, 0.4) is 0 Å². The first kappa shape index (κ1) is 12.7. The summed E-state index contributed by atoms with van der Waals surface area (Å²) >= 11 is 0. The first-order chi connectivity index (χ1) is 8.17. The van der Waals surface area contributed by atoms with Gasteiger partial charge in [-0.1, -0.05) is 0 Å². The van der Waals surface area contributed by atoms with Crippen LogP contribution in [0.1, 0.15) is 0 Å². The number of aliphatic hydroxyl groups excluding tert-OH is 1.